The Labute approximate surface area is 263 Å². The molecule has 0 aliphatic rings. The Hall–Kier alpha value is -4.21. The standard InChI is InChI=1S/C34H35ClFN3O4S/c1-24(2)37-34(41)32(20-26-12-6-4-7-13-26)38(22-27-14-10-11-17-31(27)36)33(40)23-39(28-19-18-25(3)30(35)21-28)44(42,43)29-15-8-5-9-16-29/h4-19,21,24,32H,20,22-23H2,1-3H3,(H,37,41)/t32-/m0/s1. The van der Waals surface area contributed by atoms with E-state index in [-0.39, 0.29) is 35.2 Å². The third-order valence-corrected chi connectivity index (χ3v) is 9.25. The zero-order chi connectivity index (χ0) is 31.9. The number of benzene rings is 4. The molecule has 44 heavy (non-hydrogen) atoms. The summed E-state index contributed by atoms with van der Waals surface area (Å²) in [6.07, 6.45) is 0.126. The first-order valence-electron chi connectivity index (χ1n) is 14.2. The summed E-state index contributed by atoms with van der Waals surface area (Å²) < 4.78 is 44.0. The van der Waals surface area contributed by atoms with Gasteiger partial charge >= 0.3 is 0 Å². The molecule has 0 bridgehead atoms. The van der Waals surface area contributed by atoms with E-state index < -0.39 is 40.2 Å². The predicted octanol–water partition coefficient (Wildman–Crippen LogP) is 6.15. The molecule has 0 spiro atoms. The van der Waals surface area contributed by atoms with Crippen molar-refractivity contribution in [2.24, 2.45) is 0 Å². The molecule has 0 saturated carbocycles. The second-order valence-corrected chi connectivity index (χ2v) is 13.0. The lowest BCUT2D eigenvalue weighted by Crippen LogP contribution is -2.54. The molecular formula is C34H35ClFN3O4S. The number of nitrogens with zero attached hydrogens (tertiary/aromatic N) is 2. The molecule has 2 amide bonds. The molecule has 0 aliphatic carbocycles. The second-order valence-electron chi connectivity index (χ2n) is 10.7. The third kappa shape index (κ3) is 8.03. The number of carbonyl (C=O) groups is 2. The first kappa shape index (κ1) is 32.7. The van der Waals surface area contributed by atoms with Gasteiger partial charge in [-0.25, -0.2) is 12.8 Å². The first-order valence-corrected chi connectivity index (χ1v) is 16.0. The highest BCUT2D eigenvalue weighted by Crippen LogP contribution is 2.29. The van der Waals surface area contributed by atoms with E-state index in [2.05, 4.69) is 5.32 Å². The fourth-order valence-corrected chi connectivity index (χ4v) is 6.33. The van der Waals surface area contributed by atoms with Crippen molar-refractivity contribution in [2.45, 2.75) is 50.7 Å². The number of hydrogen-bond acceptors (Lipinski definition) is 4. The van der Waals surface area contributed by atoms with Crippen molar-refractivity contribution in [3.8, 4) is 0 Å². The van der Waals surface area contributed by atoms with Crippen LogP contribution in [-0.4, -0.2) is 43.8 Å². The maximum atomic E-state index is 15.0. The average Bonchev–Trinajstić information content (AvgIpc) is 3.00. The van der Waals surface area contributed by atoms with E-state index in [1.807, 2.05) is 30.3 Å². The van der Waals surface area contributed by atoms with E-state index in [1.165, 1.54) is 41.3 Å². The van der Waals surface area contributed by atoms with Crippen LogP contribution in [0.2, 0.25) is 5.02 Å². The van der Waals surface area contributed by atoms with Crippen molar-refractivity contribution < 1.29 is 22.4 Å². The van der Waals surface area contributed by atoms with Gasteiger partial charge in [0.05, 0.1) is 10.6 Å². The fraction of sp³-hybridized carbons (Fsp3) is 0.235. The van der Waals surface area contributed by atoms with E-state index in [0.717, 1.165) is 15.4 Å². The number of amides is 2. The van der Waals surface area contributed by atoms with Crippen LogP contribution in [0.5, 0.6) is 0 Å². The minimum Gasteiger partial charge on any atom is -0.352 e. The van der Waals surface area contributed by atoms with Gasteiger partial charge in [0.25, 0.3) is 10.0 Å². The summed E-state index contributed by atoms with van der Waals surface area (Å²) in [5, 5.41) is 3.20. The number of anilines is 1. The molecule has 4 aromatic rings. The minimum atomic E-state index is -4.26. The Bertz CT molecular complexity index is 1700. The molecule has 1 N–H and O–H groups in total. The van der Waals surface area contributed by atoms with Crippen molar-refractivity contribution in [3.63, 3.8) is 0 Å². The first-order chi connectivity index (χ1) is 21.0. The van der Waals surface area contributed by atoms with Crippen molar-refractivity contribution >= 4 is 39.1 Å². The van der Waals surface area contributed by atoms with Gasteiger partial charge in [0, 0.05) is 29.6 Å². The number of rotatable bonds is 12. The van der Waals surface area contributed by atoms with Gasteiger partial charge in [0.15, 0.2) is 0 Å². The average molecular weight is 636 g/mol. The summed E-state index contributed by atoms with van der Waals surface area (Å²) in [5.74, 6) is -1.68. The SMILES string of the molecule is Cc1ccc(N(CC(=O)N(Cc2ccccc2F)[C@@H](Cc2ccccc2)C(=O)NC(C)C)S(=O)(=O)c2ccccc2)cc1Cl. The van der Waals surface area contributed by atoms with Crippen LogP contribution in [0, 0.1) is 12.7 Å². The van der Waals surface area contributed by atoms with Crippen LogP contribution in [0.3, 0.4) is 0 Å². The molecule has 1 atom stereocenters. The van der Waals surface area contributed by atoms with E-state index in [9.17, 15) is 22.4 Å². The molecule has 4 rings (SSSR count). The van der Waals surface area contributed by atoms with Gasteiger partial charge in [-0.3, -0.25) is 13.9 Å². The summed E-state index contributed by atoms with van der Waals surface area (Å²) in [6.45, 7) is 4.46. The summed E-state index contributed by atoms with van der Waals surface area (Å²) in [4.78, 5) is 29.3. The minimum absolute atomic E-state index is 0.0245. The van der Waals surface area contributed by atoms with Crippen LogP contribution in [0.15, 0.2) is 108 Å². The molecule has 0 fully saturated rings. The van der Waals surface area contributed by atoms with Crippen LogP contribution < -0.4 is 9.62 Å². The van der Waals surface area contributed by atoms with Crippen LogP contribution in [0.4, 0.5) is 10.1 Å². The topological polar surface area (TPSA) is 86.8 Å². The van der Waals surface area contributed by atoms with E-state index in [1.54, 1.807) is 57.2 Å². The Morgan fingerprint density at radius 3 is 2.11 bits per heavy atom. The predicted molar refractivity (Wildman–Crippen MR) is 171 cm³/mol. The van der Waals surface area contributed by atoms with Gasteiger partial charge in [-0.05, 0) is 62.2 Å². The summed E-state index contributed by atoms with van der Waals surface area (Å²) in [7, 11) is -4.26. The lowest BCUT2D eigenvalue weighted by molar-refractivity contribution is -0.140. The highest BCUT2D eigenvalue weighted by molar-refractivity contribution is 7.92. The Morgan fingerprint density at radius 2 is 1.50 bits per heavy atom. The van der Waals surface area contributed by atoms with Gasteiger partial charge in [0.2, 0.25) is 11.8 Å². The molecule has 10 heteroatoms. The quantitative estimate of drug-likeness (QED) is 0.202. The van der Waals surface area contributed by atoms with Gasteiger partial charge in [-0.1, -0.05) is 84.4 Å². The number of hydrogen-bond donors (Lipinski definition) is 1. The van der Waals surface area contributed by atoms with E-state index in [4.69, 9.17) is 11.6 Å². The Balaban J connectivity index is 1.82. The number of aryl methyl sites for hydroxylation is 1. The Morgan fingerprint density at radius 1 is 0.886 bits per heavy atom. The van der Waals surface area contributed by atoms with Gasteiger partial charge in [-0.2, -0.15) is 0 Å². The molecule has 0 unspecified atom stereocenters. The molecule has 230 valence electrons. The van der Waals surface area contributed by atoms with Crippen LogP contribution in [0.1, 0.15) is 30.5 Å². The highest BCUT2D eigenvalue weighted by Gasteiger charge is 2.35. The normalized spacial score (nSPS) is 12.0. The van der Waals surface area contributed by atoms with Crippen molar-refractivity contribution in [3.05, 3.63) is 131 Å². The molecule has 7 nitrogen and oxygen atoms in total. The number of sulfonamides is 1. The lowest BCUT2D eigenvalue weighted by atomic mass is 10.0. The van der Waals surface area contributed by atoms with E-state index in [0.29, 0.717) is 5.02 Å². The number of carbonyl (C=O) groups excluding carboxylic acids is 2. The highest BCUT2D eigenvalue weighted by atomic mass is 35.5. The van der Waals surface area contributed by atoms with Crippen molar-refractivity contribution in [1.82, 2.24) is 10.2 Å². The molecule has 0 heterocycles. The smallest absolute Gasteiger partial charge is 0.264 e. The van der Waals surface area contributed by atoms with Crippen LogP contribution in [0.25, 0.3) is 0 Å². The zero-order valence-corrected chi connectivity index (χ0v) is 26.4. The summed E-state index contributed by atoms with van der Waals surface area (Å²) in [5.41, 5.74) is 1.87. The summed E-state index contributed by atoms with van der Waals surface area (Å²) >= 11 is 6.40. The summed E-state index contributed by atoms with van der Waals surface area (Å²) in [6, 6.07) is 26.3. The largest absolute Gasteiger partial charge is 0.352 e. The lowest BCUT2D eigenvalue weighted by Gasteiger charge is -2.34. The second kappa shape index (κ2) is 14.5. The zero-order valence-electron chi connectivity index (χ0n) is 24.8. The third-order valence-electron chi connectivity index (χ3n) is 7.05. The van der Waals surface area contributed by atoms with Gasteiger partial charge in [-0.15, -0.1) is 0 Å². The molecule has 0 radical (unpaired) electrons. The van der Waals surface area contributed by atoms with Crippen molar-refractivity contribution in [1.29, 1.82) is 0 Å². The van der Waals surface area contributed by atoms with Gasteiger partial charge in [0.1, 0.15) is 18.4 Å². The maximum Gasteiger partial charge on any atom is 0.264 e. The molecule has 0 aromatic heterocycles. The molecule has 0 aliphatic heterocycles. The van der Waals surface area contributed by atoms with Crippen molar-refractivity contribution in [2.75, 3.05) is 10.8 Å². The van der Waals surface area contributed by atoms with E-state index >= 15 is 0 Å². The molecular weight excluding hydrogens is 601 g/mol. The Kier molecular flexibility index (Phi) is 10.8. The van der Waals surface area contributed by atoms with Gasteiger partial charge < -0.3 is 10.2 Å². The van der Waals surface area contributed by atoms with Crippen LogP contribution in [-0.2, 0) is 32.6 Å². The molecule has 4 aromatic carbocycles. The molecule has 0 saturated heterocycles. The maximum absolute atomic E-state index is 15.0. The number of halogens is 2. The van der Waals surface area contributed by atoms with Crippen LogP contribution >= 0.6 is 11.6 Å². The number of nitrogens with one attached hydrogen (secondary N) is 1. The monoisotopic (exact) mass is 635 g/mol. The fourth-order valence-electron chi connectivity index (χ4n) is 4.73.